The number of fused-ring (bicyclic) bond motifs is 1. The molecular formula is C10H14N2O2S. The van der Waals surface area contributed by atoms with Gasteiger partial charge in [-0.2, -0.15) is 4.31 Å². The Morgan fingerprint density at radius 3 is 2.80 bits per heavy atom. The average molecular weight is 226 g/mol. The molecule has 0 aliphatic carbocycles. The summed E-state index contributed by atoms with van der Waals surface area (Å²) in [6, 6.07) is 3.89. The first-order valence-corrected chi connectivity index (χ1v) is 6.72. The fraction of sp³-hybridized carbons (Fsp3) is 0.500. The number of nitrogens with zero attached hydrogens (tertiary/aromatic N) is 2. The lowest BCUT2D eigenvalue weighted by Crippen LogP contribution is -2.35. The molecule has 0 saturated heterocycles. The lowest BCUT2D eigenvalue weighted by molar-refractivity contribution is 0.391. The lowest BCUT2D eigenvalue weighted by Gasteiger charge is -2.26. The van der Waals surface area contributed by atoms with E-state index in [0.29, 0.717) is 19.5 Å². The van der Waals surface area contributed by atoms with Gasteiger partial charge >= 0.3 is 0 Å². The number of hydrogen-bond donors (Lipinski definition) is 0. The number of sulfonamides is 1. The number of aryl methyl sites for hydroxylation is 1. The van der Waals surface area contributed by atoms with Crippen molar-refractivity contribution in [3.8, 4) is 0 Å². The minimum absolute atomic E-state index is 0.460. The van der Waals surface area contributed by atoms with Gasteiger partial charge in [0.15, 0.2) is 0 Å². The smallest absolute Gasteiger partial charge is 0.211 e. The molecule has 0 atom stereocenters. The zero-order valence-electron chi connectivity index (χ0n) is 8.90. The van der Waals surface area contributed by atoms with Crippen LogP contribution < -0.4 is 0 Å². The van der Waals surface area contributed by atoms with E-state index in [1.807, 2.05) is 19.1 Å². The second-order valence-corrected chi connectivity index (χ2v) is 5.89. The molecule has 0 amide bonds. The molecule has 1 aliphatic rings. The van der Waals surface area contributed by atoms with Gasteiger partial charge in [-0.05, 0) is 18.6 Å². The molecule has 2 heterocycles. The fourth-order valence-corrected chi connectivity index (χ4v) is 2.58. The standard InChI is InChI=1S/C10H14N2O2S/c1-8-3-4-9-7-12(15(2,13)14)6-5-10(9)11-8/h3-4H,5-7H2,1-2H3. The van der Waals surface area contributed by atoms with E-state index in [-0.39, 0.29) is 0 Å². The summed E-state index contributed by atoms with van der Waals surface area (Å²) in [6.45, 7) is 2.95. The molecule has 2 rings (SSSR count). The highest BCUT2D eigenvalue weighted by Gasteiger charge is 2.23. The van der Waals surface area contributed by atoms with E-state index in [4.69, 9.17) is 0 Å². The molecule has 0 fully saturated rings. The van der Waals surface area contributed by atoms with Gasteiger partial charge in [-0.15, -0.1) is 0 Å². The maximum absolute atomic E-state index is 11.4. The van der Waals surface area contributed by atoms with Crippen LogP contribution in [0.2, 0.25) is 0 Å². The largest absolute Gasteiger partial charge is 0.258 e. The highest BCUT2D eigenvalue weighted by Crippen LogP contribution is 2.19. The fourth-order valence-electron chi connectivity index (χ4n) is 1.78. The Morgan fingerprint density at radius 2 is 2.13 bits per heavy atom. The molecule has 0 bridgehead atoms. The molecule has 0 spiro atoms. The van der Waals surface area contributed by atoms with E-state index in [1.54, 1.807) is 0 Å². The van der Waals surface area contributed by atoms with Crippen molar-refractivity contribution in [2.45, 2.75) is 19.9 Å². The summed E-state index contributed by atoms with van der Waals surface area (Å²) >= 11 is 0. The molecule has 1 aromatic rings. The first-order valence-electron chi connectivity index (χ1n) is 4.87. The van der Waals surface area contributed by atoms with Gasteiger partial charge in [-0.25, -0.2) is 8.42 Å². The number of pyridine rings is 1. The molecule has 0 radical (unpaired) electrons. The minimum atomic E-state index is -3.07. The topological polar surface area (TPSA) is 50.3 Å². The van der Waals surface area contributed by atoms with Crippen LogP contribution in [0.25, 0.3) is 0 Å². The second-order valence-electron chi connectivity index (χ2n) is 3.90. The van der Waals surface area contributed by atoms with Crippen LogP contribution in [0.3, 0.4) is 0 Å². The summed E-state index contributed by atoms with van der Waals surface area (Å²) in [4.78, 5) is 4.41. The monoisotopic (exact) mass is 226 g/mol. The summed E-state index contributed by atoms with van der Waals surface area (Å²) in [7, 11) is -3.07. The quantitative estimate of drug-likeness (QED) is 0.708. The molecule has 1 aromatic heterocycles. The van der Waals surface area contributed by atoms with E-state index < -0.39 is 10.0 Å². The average Bonchev–Trinajstić information content (AvgIpc) is 2.15. The van der Waals surface area contributed by atoms with Crippen LogP contribution in [0, 0.1) is 6.92 Å². The van der Waals surface area contributed by atoms with Gasteiger partial charge < -0.3 is 0 Å². The van der Waals surface area contributed by atoms with Gasteiger partial charge in [0, 0.05) is 30.9 Å². The molecular weight excluding hydrogens is 212 g/mol. The summed E-state index contributed by atoms with van der Waals surface area (Å²) in [5.41, 5.74) is 3.05. The van der Waals surface area contributed by atoms with Crippen molar-refractivity contribution in [3.63, 3.8) is 0 Å². The molecule has 5 heteroatoms. The first kappa shape index (κ1) is 10.6. The van der Waals surface area contributed by atoms with Gasteiger partial charge in [-0.3, -0.25) is 4.98 Å². The number of hydrogen-bond acceptors (Lipinski definition) is 3. The zero-order valence-corrected chi connectivity index (χ0v) is 9.71. The molecule has 0 N–H and O–H groups in total. The van der Waals surface area contributed by atoms with Crippen LogP contribution in [0.1, 0.15) is 17.0 Å². The van der Waals surface area contributed by atoms with Crippen molar-refractivity contribution < 1.29 is 8.42 Å². The van der Waals surface area contributed by atoms with Gasteiger partial charge in [-0.1, -0.05) is 6.07 Å². The van der Waals surface area contributed by atoms with Crippen LogP contribution in [-0.4, -0.2) is 30.5 Å². The van der Waals surface area contributed by atoms with Crippen molar-refractivity contribution in [1.82, 2.24) is 9.29 Å². The Bertz CT molecular complexity index is 482. The normalized spacial score (nSPS) is 17.5. The van der Waals surface area contributed by atoms with E-state index in [0.717, 1.165) is 17.0 Å². The molecule has 0 saturated carbocycles. The molecule has 1 aliphatic heterocycles. The zero-order chi connectivity index (χ0) is 11.1. The van der Waals surface area contributed by atoms with Gasteiger partial charge in [0.05, 0.1) is 6.26 Å². The van der Waals surface area contributed by atoms with E-state index in [1.165, 1.54) is 10.6 Å². The Labute approximate surface area is 90.0 Å². The van der Waals surface area contributed by atoms with Crippen molar-refractivity contribution >= 4 is 10.0 Å². The number of rotatable bonds is 1. The van der Waals surface area contributed by atoms with Crippen molar-refractivity contribution in [1.29, 1.82) is 0 Å². The predicted octanol–water partition coefficient (Wildman–Crippen LogP) is 0.708. The van der Waals surface area contributed by atoms with Gasteiger partial charge in [0.1, 0.15) is 0 Å². The summed E-state index contributed by atoms with van der Waals surface area (Å²) < 4.78 is 24.2. The molecule has 15 heavy (non-hydrogen) atoms. The van der Waals surface area contributed by atoms with E-state index in [9.17, 15) is 8.42 Å². The van der Waals surface area contributed by atoms with Crippen LogP contribution in [0.15, 0.2) is 12.1 Å². The summed E-state index contributed by atoms with van der Waals surface area (Å²) in [5.74, 6) is 0. The number of aromatic nitrogens is 1. The lowest BCUT2D eigenvalue weighted by atomic mass is 10.1. The van der Waals surface area contributed by atoms with Crippen LogP contribution in [0.5, 0.6) is 0 Å². The van der Waals surface area contributed by atoms with E-state index >= 15 is 0 Å². The second kappa shape index (κ2) is 3.57. The van der Waals surface area contributed by atoms with Gasteiger partial charge in [0.25, 0.3) is 0 Å². The van der Waals surface area contributed by atoms with Gasteiger partial charge in [0.2, 0.25) is 10.0 Å². The maximum Gasteiger partial charge on any atom is 0.211 e. The Hall–Kier alpha value is -0.940. The third-order valence-electron chi connectivity index (χ3n) is 2.62. The van der Waals surface area contributed by atoms with Crippen LogP contribution in [0.4, 0.5) is 0 Å². The Morgan fingerprint density at radius 1 is 1.40 bits per heavy atom. The highest BCUT2D eigenvalue weighted by molar-refractivity contribution is 7.88. The SMILES string of the molecule is Cc1ccc2c(n1)CCN(S(C)(=O)=O)C2. The van der Waals surface area contributed by atoms with Crippen molar-refractivity contribution in [2.24, 2.45) is 0 Å². The van der Waals surface area contributed by atoms with Crippen molar-refractivity contribution in [2.75, 3.05) is 12.8 Å². The van der Waals surface area contributed by atoms with Crippen molar-refractivity contribution in [3.05, 3.63) is 29.1 Å². The highest BCUT2D eigenvalue weighted by atomic mass is 32.2. The molecule has 0 aromatic carbocycles. The summed E-state index contributed by atoms with van der Waals surface area (Å²) in [6.07, 6.45) is 1.96. The predicted molar refractivity (Wildman–Crippen MR) is 57.9 cm³/mol. The summed E-state index contributed by atoms with van der Waals surface area (Å²) in [5, 5.41) is 0. The Kier molecular flexibility index (Phi) is 2.52. The first-order chi connectivity index (χ1) is 6.97. The maximum atomic E-state index is 11.4. The van der Waals surface area contributed by atoms with Crippen LogP contribution >= 0.6 is 0 Å². The molecule has 82 valence electrons. The minimum Gasteiger partial charge on any atom is -0.258 e. The van der Waals surface area contributed by atoms with Crippen LogP contribution in [-0.2, 0) is 23.0 Å². The third kappa shape index (κ3) is 2.18. The Balaban J connectivity index is 2.32. The van der Waals surface area contributed by atoms with E-state index in [2.05, 4.69) is 4.98 Å². The third-order valence-corrected chi connectivity index (χ3v) is 3.87. The molecule has 4 nitrogen and oxygen atoms in total. The molecule has 0 unspecified atom stereocenters.